The SMILES string of the molecule is Fc1cc(Cl)cnc1Oc1ccccc1-n1ccnc1. The largest absolute Gasteiger partial charge is 0.434 e. The molecule has 0 bridgehead atoms. The van der Waals surface area contributed by atoms with Crippen LogP contribution in [0.5, 0.6) is 11.6 Å². The molecule has 3 rings (SSSR count). The molecule has 0 fully saturated rings. The van der Waals surface area contributed by atoms with Gasteiger partial charge in [-0.05, 0) is 18.2 Å². The van der Waals surface area contributed by atoms with Crippen molar-refractivity contribution >= 4 is 11.6 Å². The maximum absolute atomic E-state index is 13.7. The van der Waals surface area contributed by atoms with Crippen LogP contribution in [0.25, 0.3) is 5.69 Å². The summed E-state index contributed by atoms with van der Waals surface area (Å²) < 4.78 is 21.0. The predicted molar refractivity (Wildman–Crippen MR) is 72.8 cm³/mol. The Hall–Kier alpha value is -2.40. The number of imidazole rings is 1. The number of aromatic nitrogens is 3. The van der Waals surface area contributed by atoms with Crippen LogP contribution in [0.4, 0.5) is 4.39 Å². The molecular formula is C14H9ClFN3O. The van der Waals surface area contributed by atoms with Crippen molar-refractivity contribution in [2.45, 2.75) is 0 Å². The van der Waals surface area contributed by atoms with E-state index in [0.29, 0.717) is 5.75 Å². The quantitative estimate of drug-likeness (QED) is 0.735. The molecule has 0 aliphatic carbocycles. The Morgan fingerprint density at radius 3 is 2.85 bits per heavy atom. The number of hydrogen-bond donors (Lipinski definition) is 0. The lowest BCUT2D eigenvalue weighted by Crippen LogP contribution is -1.97. The van der Waals surface area contributed by atoms with E-state index >= 15 is 0 Å². The van der Waals surface area contributed by atoms with Crippen molar-refractivity contribution < 1.29 is 9.13 Å². The minimum absolute atomic E-state index is 0.123. The summed E-state index contributed by atoms with van der Waals surface area (Å²) in [6.07, 6.45) is 6.39. The molecule has 3 aromatic rings. The summed E-state index contributed by atoms with van der Waals surface area (Å²) in [4.78, 5) is 7.82. The van der Waals surface area contributed by atoms with Gasteiger partial charge in [0.2, 0.25) is 0 Å². The van der Waals surface area contributed by atoms with Crippen LogP contribution in [0.2, 0.25) is 5.02 Å². The third-order valence-corrected chi connectivity index (χ3v) is 2.84. The third-order valence-electron chi connectivity index (χ3n) is 2.63. The molecule has 0 saturated heterocycles. The second-order valence-corrected chi connectivity index (χ2v) is 4.42. The molecule has 0 unspecified atom stereocenters. The molecule has 2 aromatic heterocycles. The van der Waals surface area contributed by atoms with Crippen LogP contribution in [0.15, 0.2) is 55.2 Å². The topological polar surface area (TPSA) is 39.9 Å². The fourth-order valence-electron chi connectivity index (χ4n) is 1.74. The molecule has 4 nitrogen and oxygen atoms in total. The van der Waals surface area contributed by atoms with Crippen LogP contribution in [0.1, 0.15) is 0 Å². The van der Waals surface area contributed by atoms with Crippen molar-refractivity contribution in [1.82, 2.24) is 14.5 Å². The van der Waals surface area contributed by atoms with Crippen LogP contribution >= 0.6 is 11.6 Å². The van der Waals surface area contributed by atoms with E-state index < -0.39 is 5.82 Å². The van der Waals surface area contributed by atoms with E-state index in [9.17, 15) is 4.39 Å². The van der Waals surface area contributed by atoms with E-state index in [2.05, 4.69) is 9.97 Å². The van der Waals surface area contributed by atoms with E-state index in [-0.39, 0.29) is 10.9 Å². The number of nitrogens with zero attached hydrogens (tertiary/aromatic N) is 3. The molecule has 0 atom stereocenters. The zero-order valence-electron chi connectivity index (χ0n) is 10.2. The zero-order chi connectivity index (χ0) is 13.9. The summed E-state index contributed by atoms with van der Waals surface area (Å²) in [5.41, 5.74) is 0.737. The normalized spacial score (nSPS) is 10.5. The number of para-hydroxylation sites is 2. The Balaban J connectivity index is 1.99. The summed E-state index contributed by atoms with van der Waals surface area (Å²) in [5.74, 6) is -0.265. The standard InChI is InChI=1S/C14H9ClFN3O/c15-10-7-11(16)14(18-8-10)20-13-4-2-1-3-12(13)19-6-5-17-9-19/h1-9H. The minimum Gasteiger partial charge on any atom is -0.434 e. The molecule has 0 radical (unpaired) electrons. The summed E-state index contributed by atoms with van der Waals surface area (Å²) >= 11 is 5.66. The van der Waals surface area contributed by atoms with Crippen molar-refractivity contribution in [3.05, 3.63) is 66.1 Å². The van der Waals surface area contributed by atoms with Crippen LogP contribution in [-0.2, 0) is 0 Å². The van der Waals surface area contributed by atoms with E-state index in [1.807, 2.05) is 12.1 Å². The van der Waals surface area contributed by atoms with Gasteiger partial charge < -0.3 is 9.30 Å². The number of hydrogen-bond acceptors (Lipinski definition) is 3. The Bertz CT molecular complexity index is 731. The average Bonchev–Trinajstić information content (AvgIpc) is 2.96. The highest BCUT2D eigenvalue weighted by atomic mass is 35.5. The van der Waals surface area contributed by atoms with Crippen molar-refractivity contribution in [3.8, 4) is 17.3 Å². The highest BCUT2D eigenvalue weighted by molar-refractivity contribution is 6.30. The molecule has 2 heterocycles. The van der Waals surface area contributed by atoms with Crippen molar-refractivity contribution in [2.24, 2.45) is 0 Å². The fourth-order valence-corrected chi connectivity index (χ4v) is 1.88. The van der Waals surface area contributed by atoms with Gasteiger partial charge >= 0.3 is 0 Å². The number of benzene rings is 1. The van der Waals surface area contributed by atoms with Gasteiger partial charge in [0.05, 0.1) is 17.0 Å². The molecule has 0 spiro atoms. The second-order valence-electron chi connectivity index (χ2n) is 3.98. The van der Waals surface area contributed by atoms with Gasteiger partial charge in [0.1, 0.15) is 0 Å². The molecule has 0 N–H and O–H groups in total. The monoisotopic (exact) mass is 289 g/mol. The molecule has 0 aliphatic heterocycles. The lowest BCUT2D eigenvalue weighted by Gasteiger charge is -2.11. The Morgan fingerprint density at radius 1 is 1.25 bits per heavy atom. The number of rotatable bonds is 3. The zero-order valence-corrected chi connectivity index (χ0v) is 11.0. The molecule has 0 saturated carbocycles. The van der Waals surface area contributed by atoms with Crippen LogP contribution < -0.4 is 4.74 Å². The molecular weight excluding hydrogens is 281 g/mol. The highest BCUT2D eigenvalue weighted by Gasteiger charge is 2.11. The van der Waals surface area contributed by atoms with Gasteiger partial charge in [-0.25, -0.2) is 14.4 Å². The maximum Gasteiger partial charge on any atom is 0.256 e. The van der Waals surface area contributed by atoms with Crippen LogP contribution in [0, 0.1) is 5.82 Å². The number of pyridine rings is 1. The molecule has 0 amide bonds. The summed E-state index contributed by atoms with van der Waals surface area (Å²) in [6.45, 7) is 0. The van der Waals surface area contributed by atoms with Gasteiger partial charge in [0.25, 0.3) is 5.88 Å². The van der Waals surface area contributed by atoms with Crippen LogP contribution in [0.3, 0.4) is 0 Å². The van der Waals surface area contributed by atoms with Crippen molar-refractivity contribution in [2.75, 3.05) is 0 Å². The lowest BCUT2D eigenvalue weighted by molar-refractivity contribution is 0.421. The first-order chi connectivity index (χ1) is 9.74. The van der Waals surface area contributed by atoms with Crippen molar-refractivity contribution in [1.29, 1.82) is 0 Å². The summed E-state index contributed by atoms with van der Waals surface area (Å²) in [7, 11) is 0. The van der Waals surface area contributed by atoms with Crippen molar-refractivity contribution in [3.63, 3.8) is 0 Å². The molecule has 1 aromatic carbocycles. The van der Waals surface area contributed by atoms with Gasteiger partial charge in [0, 0.05) is 18.6 Å². The first-order valence-corrected chi connectivity index (χ1v) is 6.18. The Labute approximate surface area is 119 Å². The molecule has 100 valence electrons. The number of halogens is 2. The van der Waals surface area contributed by atoms with Gasteiger partial charge in [-0.2, -0.15) is 0 Å². The van der Waals surface area contributed by atoms with Gasteiger partial charge in [-0.15, -0.1) is 0 Å². The maximum atomic E-state index is 13.7. The fraction of sp³-hybridized carbons (Fsp3) is 0. The smallest absolute Gasteiger partial charge is 0.256 e. The summed E-state index contributed by atoms with van der Waals surface area (Å²) in [6, 6.07) is 8.37. The van der Waals surface area contributed by atoms with Gasteiger partial charge in [0.15, 0.2) is 11.6 Å². The van der Waals surface area contributed by atoms with Gasteiger partial charge in [-0.3, -0.25) is 0 Å². The molecule has 20 heavy (non-hydrogen) atoms. The molecule has 6 heteroatoms. The first kappa shape index (κ1) is 12.6. The third kappa shape index (κ3) is 2.48. The number of ether oxygens (including phenoxy) is 1. The second kappa shape index (κ2) is 5.30. The predicted octanol–water partition coefficient (Wildman–Crippen LogP) is 3.85. The Morgan fingerprint density at radius 2 is 2.10 bits per heavy atom. The van der Waals surface area contributed by atoms with E-state index in [0.717, 1.165) is 11.8 Å². The first-order valence-electron chi connectivity index (χ1n) is 5.80. The van der Waals surface area contributed by atoms with Gasteiger partial charge in [-0.1, -0.05) is 23.7 Å². The summed E-state index contributed by atoms with van der Waals surface area (Å²) in [5, 5.41) is 0.220. The molecule has 0 aliphatic rings. The minimum atomic E-state index is -0.613. The van der Waals surface area contributed by atoms with E-state index in [4.69, 9.17) is 16.3 Å². The van der Waals surface area contributed by atoms with E-state index in [1.165, 1.54) is 6.20 Å². The lowest BCUT2D eigenvalue weighted by atomic mass is 10.3. The Kier molecular flexibility index (Phi) is 3.35. The highest BCUT2D eigenvalue weighted by Crippen LogP contribution is 2.29. The van der Waals surface area contributed by atoms with E-state index in [1.54, 1.807) is 35.4 Å². The average molecular weight is 290 g/mol. The van der Waals surface area contributed by atoms with Crippen LogP contribution in [-0.4, -0.2) is 14.5 Å².